The Morgan fingerprint density at radius 3 is 1.73 bits per heavy atom. The first kappa shape index (κ1) is 23.0. The third kappa shape index (κ3) is 10.2. The van der Waals surface area contributed by atoms with Crippen LogP contribution in [0.25, 0.3) is 0 Å². The highest BCUT2D eigenvalue weighted by atomic mass is 16.5. The quantitative estimate of drug-likeness (QED) is 0.310. The number of hydrogen-bond acceptors (Lipinski definition) is 4. The topological polar surface area (TPSA) is 52.6 Å². The lowest BCUT2D eigenvalue weighted by molar-refractivity contribution is -0.153. The van der Waals surface area contributed by atoms with Crippen molar-refractivity contribution in [2.75, 3.05) is 13.7 Å². The number of hydrogen-bond donors (Lipinski definition) is 0. The molecule has 26 heavy (non-hydrogen) atoms. The highest BCUT2D eigenvalue weighted by Gasteiger charge is 2.31. The van der Waals surface area contributed by atoms with Crippen LogP contribution < -0.4 is 0 Å². The highest BCUT2D eigenvalue weighted by molar-refractivity contribution is 5.75. The predicted molar refractivity (Wildman–Crippen MR) is 105 cm³/mol. The van der Waals surface area contributed by atoms with E-state index in [9.17, 15) is 9.59 Å². The summed E-state index contributed by atoms with van der Waals surface area (Å²) in [6, 6.07) is 0. The molecule has 0 atom stereocenters. The Kier molecular flexibility index (Phi) is 12.4. The minimum absolute atomic E-state index is 0.0262. The molecule has 0 heterocycles. The molecular formula is C22H40O4. The van der Waals surface area contributed by atoms with Crippen LogP contribution in [0.1, 0.15) is 97.3 Å². The second-order valence-electron chi connectivity index (χ2n) is 8.25. The van der Waals surface area contributed by atoms with Gasteiger partial charge >= 0.3 is 11.9 Å². The number of rotatable bonds is 13. The van der Waals surface area contributed by atoms with Gasteiger partial charge in [0.2, 0.25) is 0 Å². The third-order valence-electron chi connectivity index (χ3n) is 5.52. The monoisotopic (exact) mass is 368 g/mol. The molecule has 1 rings (SSSR count). The number of esters is 2. The first-order valence-electron chi connectivity index (χ1n) is 10.8. The van der Waals surface area contributed by atoms with E-state index in [1.54, 1.807) is 0 Å². The smallest absolute Gasteiger partial charge is 0.308 e. The Morgan fingerprint density at radius 1 is 0.769 bits per heavy atom. The maximum atomic E-state index is 12.1. The van der Waals surface area contributed by atoms with Gasteiger partial charge in [-0.25, -0.2) is 0 Å². The SMILES string of the molecule is COC(=O)C1CCC(C(=O)OCCCCCCCCCCC(C)C)CC1. The van der Waals surface area contributed by atoms with Crippen molar-refractivity contribution in [1.29, 1.82) is 0 Å². The van der Waals surface area contributed by atoms with E-state index in [0.29, 0.717) is 6.61 Å². The number of unbranched alkanes of at least 4 members (excludes halogenated alkanes) is 7. The molecular weight excluding hydrogens is 328 g/mol. The number of carbonyl (C=O) groups is 2. The van der Waals surface area contributed by atoms with E-state index in [1.807, 2.05) is 0 Å². The van der Waals surface area contributed by atoms with Crippen molar-refractivity contribution >= 4 is 11.9 Å². The third-order valence-corrected chi connectivity index (χ3v) is 5.52. The molecule has 0 aliphatic heterocycles. The van der Waals surface area contributed by atoms with Crippen molar-refractivity contribution in [3.8, 4) is 0 Å². The molecule has 0 bridgehead atoms. The molecule has 0 unspecified atom stereocenters. The van der Waals surface area contributed by atoms with E-state index in [-0.39, 0.29) is 23.8 Å². The van der Waals surface area contributed by atoms with Crippen LogP contribution in [0.2, 0.25) is 0 Å². The van der Waals surface area contributed by atoms with Crippen molar-refractivity contribution < 1.29 is 19.1 Å². The Bertz CT molecular complexity index is 384. The van der Waals surface area contributed by atoms with Crippen LogP contribution in [0.15, 0.2) is 0 Å². The van der Waals surface area contributed by atoms with E-state index in [2.05, 4.69) is 13.8 Å². The minimum Gasteiger partial charge on any atom is -0.469 e. The zero-order chi connectivity index (χ0) is 19.2. The van der Waals surface area contributed by atoms with Gasteiger partial charge in [0.05, 0.1) is 25.6 Å². The van der Waals surface area contributed by atoms with Crippen molar-refractivity contribution in [2.45, 2.75) is 97.3 Å². The summed E-state index contributed by atoms with van der Waals surface area (Å²) in [7, 11) is 1.43. The largest absolute Gasteiger partial charge is 0.469 e. The lowest BCUT2D eigenvalue weighted by Gasteiger charge is -2.25. The maximum absolute atomic E-state index is 12.1. The molecule has 1 aliphatic rings. The molecule has 1 saturated carbocycles. The minimum atomic E-state index is -0.142. The van der Waals surface area contributed by atoms with Gasteiger partial charge in [0.25, 0.3) is 0 Å². The van der Waals surface area contributed by atoms with Gasteiger partial charge in [-0.1, -0.05) is 65.2 Å². The van der Waals surface area contributed by atoms with Gasteiger partial charge in [-0.2, -0.15) is 0 Å². The fourth-order valence-corrected chi connectivity index (χ4v) is 3.74. The van der Waals surface area contributed by atoms with Crippen molar-refractivity contribution in [2.24, 2.45) is 17.8 Å². The van der Waals surface area contributed by atoms with Gasteiger partial charge in [-0.3, -0.25) is 9.59 Å². The molecule has 0 aromatic rings. The van der Waals surface area contributed by atoms with Crippen molar-refractivity contribution in [1.82, 2.24) is 0 Å². The summed E-state index contributed by atoms with van der Waals surface area (Å²) in [4.78, 5) is 23.6. The summed E-state index contributed by atoms with van der Waals surface area (Å²) in [5.41, 5.74) is 0. The number of methoxy groups -OCH3 is 1. The Morgan fingerprint density at radius 2 is 1.23 bits per heavy atom. The summed E-state index contributed by atoms with van der Waals surface area (Å²) in [5.74, 6) is 0.562. The van der Waals surface area contributed by atoms with Crippen LogP contribution >= 0.6 is 0 Å². The first-order chi connectivity index (χ1) is 12.5. The van der Waals surface area contributed by atoms with E-state index in [0.717, 1.165) is 44.4 Å². The maximum Gasteiger partial charge on any atom is 0.308 e. The molecule has 4 nitrogen and oxygen atoms in total. The lowest BCUT2D eigenvalue weighted by atomic mass is 9.82. The van der Waals surface area contributed by atoms with Crippen LogP contribution in [-0.2, 0) is 19.1 Å². The second kappa shape index (κ2) is 14.1. The molecule has 0 saturated heterocycles. The molecule has 152 valence electrons. The van der Waals surface area contributed by atoms with Crippen LogP contribution in [-0.4, -0.2) is 25.7 Å². The average Bonchev–Trinajstić information content (AvgIpc) is 2.65. The van der Waals surface area contributed by atoms with Crippen LogP contribution in [0.4, 0.5) is 0 Å². The van der Waals surface area contributed by atoms with Crippen molar-refractivity contribution in [3.05, 3.63) is 0 Å². The first-order valence-corrected chi connectivity index (χ1v) is 10.8. The average molecular weight is 369 g/mol. The summed E-state index contributed by atoms with van der Waals surface area (Å²) >= 11 is 0. The van der Waals surface area contributed by atoms with Gasteiger partial charge in [0.15, 0.2) is 0 Å². The molecule has 1 fully saturated rings. The van der Waals surface area contributed by atoms with Gasteiger partial charge < -0.3 is 9.47 Å². The van der Waals surface area contributed by atoms with Gasteiger partial charge in [0, 0.05) is 0 Å². The highest BCUT2D eigenvalue weighted by Crippen LogP contribution is 2.30. The second-order valence-corrected chi connectivity index (χ2v) is 8.25. The number of ether oxygens (including phenoxy) is 2. The summed E-state index contributed by atoms with van der Waals surface area (Å²) in [6.45, 7) is 5.13. The Hall–Kier alpha value is -1.06. The van der Waals surface area contributed by atoms with Crippen LogP contribution in [0.3, 0.4) is 0 Å². The van der Waals surface area contributed by atoms with E-state index >= 15 is 0 Å². The van der Waals surface area contributed by atoms with E-state index < -0.39 is 0 Å². The normalized spacial score (nSPS) is 20.2. The summed E-state index contributed by atoms with van der Waals surface area (Å²) < 4.78 is 10.2. The van der Waals surface area contributed by atoms with Gasteiger partial charge in [-0.05, 0) is 38.0 Å². The lowest BCUT2D eigenvalue weighted by Crippen LogP contribution is -2.28. The summed E-state index contributed by atoms with van der Waals surface area (Å²) in [5, 5.41) is 0. The van der Waals surface area contributed by atoms with Crippen LogP contribution in [0.5, 0.6) is 0 Å². The van der Waals surface area contributed by atoms with Gasteiger partial charge in [-0.15, -0.1) is 0 Å². The molecule has 1 aliphatic carbocycles. The zero-order valence-electron chi connectivity index (χ0n) is 17.3. The molecule has 0 amide bonds. The fraction of sp³-hybridized carbons (Fsp3) is 0.909. The molecule has 0 aromatic heterocycles. The molecule has 4 heteroatoms. The van der Waals surface area contributed by atoms with E-state index in [4.69, 9.17) is 9.47 Å². The molecule has 0 radical (unpaired) electrons. The van der Waals surface area contributed by atoms with E-state index in [1.165, 1.54) is 52.1 Å². The fourth-order valence-electron chi connectivity index (χ4n) is 3.74. The van der Waals surface area contributed by atoms with Crippen LogP contribution in [0, 0.1) is 17.8 Å². The molecule has 0 N–H and O–H groups in total. The Balaban J connectivity index is 1.92. The summed E-state index contributed by atoms with van der Waals surface area (Å²) in [6.07, 6.45) is 14.4. The molecule has 0 aromatic carbocycles. The number of carbonyl (C=O) groups excluding carboxylic acids is 2. The van der Waals surface area contributed by atoms with Gasteiger partial charge in [0.1, 0.15) is 0 Å². The zero-order valence-corrected chi connectivity index (χ0v) is 17.3. The van der Waals surface area contributed by atoms with Crippen molar-refractivity contribution in [3.63, 3.8) is 0 Å². The Labute approximate surface area is 160 Å². The standard InChI is InChI=1S/C22H40O4/c1-18(2)12-10-8-6-4-5-7-9-11-17-26-22(24)20-15-13-19(14-16-20)21(23)25-3/h18-20H,4-17H2,1-3H3. The predicted octanol–water partition coefficient (Wildman–Crippen LogP) is 5.68. The molecule has 0 spiro atoms.